The molecule has 0 saturated carbocycles. The lowest BCUT2D eigenvalue weighted by molar-refractivity contribution is 0.283. The highest BCUT2D eigenvalue weighted by atomic mass is 35.5. The zero-order valence-electron chi connectivity index (χ0n) is 15.4. The summed E-state index contributed by atoms with van der Waals surface area (Å²) in [7, 11) is 0. The van der Waals surface area contributed by atoms with Gasteiger partial charge in [0.1, 0.15) is 0 Å². The summed E-state index contributed by atoms with van der Waals surface area (Å²) in [6.45, 7) is 9.68. The van der Waals surface area contributed by atoms with Gasteiger partial charge in [-0.2, -0.15) is 0 Å². The SMILES string of the molecule is [2H]/C1=C(\Cl)c2cn(C(C)C)cc2/C([2H])=C(/Cl)C2=C1CN(C(C)C)C2. The molecule has 0 fully saturated rings. The monoisotopic (exact) mass is 338 g/mol. The van der Waals surface area contributed by atoms with E-state index in [1.165, 1.54) is 0 Å². The molecule has 1 aromatic rings. The normalized spacial score (nSPS) is 27.8. The standard InChI is InChI=1S/C18H22Cl2N2/c1-11(2)21-7-13-5-18(20)16-10-22(12(3)4)8-14(16)6-17(19)15(13)9-21/h5-7,9,11-12H,8,10H2,1-4H3/b17-6+,18-5+/i5D,6D. The van der Waals surface area contributed by atoms with E-state index in [4.69, 9.17) is 25.9 Å². The quantitative estimate of drug-likeness (QED) is 0.713. The van der Waals surface area contributed by atoms with Crippen LogP contribution in [-0.4, -0.2) is 28.6 Å². The predicted octanol–water partition coefficient (Wildman–Crippen LogP) is 5.26. The first kappa shape index (κ1) is 13.5. The van der Waals surface area contributed by atoms with E-state index >= 15 is 0 Å². The molecule has 3 rings (SSSR count). The van der Waals surface area contributed by atoms with E-state index in [9.17, 15) is 0 Å². The molecule has 0 radical (unpaired) electrons. The van der Waals surface area contributed by atoms with Crippen LogP contribution in [0.5, 0.6) is 0 Å². The molecule has 1 aliphatic heterocycles. The van der Waals surface area contributed by atoms with Crippen LogP contribution in [0.2, 0.25) is 0 Å². The molecule has 118 valence electrons. The molecule has 22 heavy (non-hydrogen) atoms. The van der Waals surface area contributed by atoms with Gasteiger partial charge in [0.25, 0.3) is 0 Å². The number of halogens is 2. The minimum Gasteiger partial charge on any atom is -0.351 e. The summed E-state index contributed by atoms with van der Waals surface area (Å²) in [5.74, 6) is 0. The lowest BCUT2D eigenvalue weighted by Gasteiger charge is -2.20. The molecule has 0 unspecified atom stereocenters. The summed E-state index contributed by atoms with van der Waals surface area (Å²) in [6.07, 6.45) is 3.82. The van der Waals surface area contributed by atoms with Gasteiger partial charge in [0, 0.05) is 53.7 Å². The first-order valence-corrected chi connectivity index (χ1v) is 8.39. The van der Waals surface area contributed by atoms with Gasteiger partial charge >= 0.3 is 0 Å². The van der Waals surface area contributed by atoms with Gasteiger partial charge in [-0.05, 0) is 50.9 Å². The molecule has 1 aromatic heterocycles. The van der Waals surface area contributed by atoms with Gasteiger partial charge in [-0.1, -0.05) is 23.2 Å². The van der Waals surface area contributed by atoms with Crippen LogP contribution in [-0.2, 0) is 0 Å². The smallest absolute Gasteiger partial charge is 0.0646 e. The van der Waals surface area contributed by atoms with Gasteiger partial charge in [0.2, 0.25) is 0 Å². The Morgan fingerprint density at radius 1 is 1.00 bits per heavy atom. The molecular formula is C18H22Cl2N2. The lowest BCUT2D eigenvalue weighted by Crippen LogP contribution is -2.29. The zero-order valence-corrected chi connectivity index (χ0v) is 14.9. The third-order valence-corrected chi connectivity index (χ3v) is 4.89. The largest absolute Gasteiger partial charge is 0.351 e. The van der Waals surface area contributed by atoms with E-state index in [-0.39, 0.29) is 12.1 Å². The minimum atomic E-state index is 0.250. The fourth-order valence-electron chi connectivity index (χ4n) is 2.78. The second kappa shape index (κ2) is 5.92. The molecule has 2 heterocycles. The van der Waals surface area contributed by atoms with Gasteiger partial charge in [-0.3, -0.25) is 4.90 Å². The van der Waals surface area contributed by atoms with Crippen molar-refractivity contribution in [3.63, 3.8) is 0 Å². The summed E-state index contributed by atoms with van der Waals surface area (Å²) in [6, 6.07) is 1.20. The van der Waals surface area contributed by atoms with Crippen molar-refractivity contribution in [3.8, 4) is 0 Å². The molecule has 0 aromatic carbocycles. The topological polar surface area (TPSA) is 8.17 Å². The average molecular weight is 339 g/mol. The van der Waals surface area contributed by atoms with Crippen molar-refractivity contribution in [1.82, 2.24) is 9.47 Å². The second-order valence-corrected chi connectivity index (χ2v) is 7.22. The number of hydrogen-bond donors (Lipinski definition) is 0. The van der Waals surface area contributed by atoms with Gasteiger partial charge in [0.05, 0.1) is 7.77 Å². The van der Waals surface area contributed by atoms with Gasteiger partial charge in [-0.15, -0.1) is 0 Å². The summed E-state index contributed by atoms with van der Waals surface area (Å²) < 4.78 is 19.2. The maximum absolute atomic E-state index is 8.59. The van der Waals surface area contributed by atoms with Crippen LogP contribution in [0.4, 0.5) is 0 Å². The molecule has 0 amide bonds. The summed E-state index contributed by atoms with van der Waals surface area (Å²) >= 11 is 13.2. The molecule has 4 heteroatoms. The van der Waals surface area contributed by atoms with Gasteiger partial charge < -0.3 is 4.57 Å². The van der Waals surface area contributed by atoms with E-state index < -0.39 is 0 Å². The van der Waals surface area contributed by atoms with Crippen LogP contribution in [0.1, 0.15) is 47.6 Å². The Balaban J connectivity index is 2.21. The van der Waals surface area contributed by atoms with Crippen molar-refractivity contribution in [1.29, 1.82) is 0 Å². The maximum atomic E-state index is 8.59. The average Bonchev–Trinajstić information content (AvgIpc) is 3.15. The highest BCUT2D eigenvalue weighted by Gasteiger charge is 2.26. The number of rotatable bonds is 2. The van der Waals surface area contributed by atoms with Gasteiger partial charge in [-0.25, -0.2) is 0 Å². The Bertz CT molecular complexity index is 729. The Morgan fingerprint density at radius 2 is 1.73 bits per heavy atom. The first-order chi connectivity index (χ1) is 11.2. The lowest BCUT2D eigenvalue weighted by atomic mass is 10.0. The third-order valence-electron chi connectivity index (χ3n) is 4.27. The summed E-state index contributed by atoms with van der Waals surface area (Å²) in [5.41, 5.74) is 3.11. The van der Waals surface area contributed by atoms with Crippen LogP contribution >= 0.6 is 23.2 Å². The maximum Gasteiger partial charge on any atom is 0.0646 e. The Hall–Kier alpha value is -0.960. The van der Waals surface area contributed by atoms with Crippen LogP contribution in [0.3, 0.4) is 0 Å². The molecular weight excluding hydrogens is 315 g/mol. The van der Waals surface area contributed by atoms with Crippen molar-refractivity contribution in [2.24, 2.45) is 0 Å². The minimum absolute atomic E-state index is 0.250. The number of fused-ring (bicyclic) bond motifs is 1. The predicted molar refractivity (Wildman–Crippen MR) is 96.2 cm³/mol. The Labute approximate surface area is 145 Å². The molecule has 2 aliphatic rings. The van der Waals surface area contributed by atoms with Crippen molar-refractivity contribution in [3.05, 3.63) is 45.8 Å². The molecule has 0 bridgehead atoms. The molecule has 0 N–H and O–H groups in total. The Kier molecular flexibility index (Phi) is 3.62. The second-order valence-electron chi connectivity index (χ2n) is 6.46. The summed E-state index contributed by atoms with van der Waals surface area (Å²) in [4.78, 5) is 2.24. The van der Waals surface area contributed by atoms with Crippen LogP contribution < -0.4 is 0 Å². The van der Waals surface area contributed by atoms with E-state index in [0.717, 1.165) is 11.1 Å². The third kappa shape index (κ3) is 2.80. The fourth-order valence-corrected chi connectivity index (χ4v) is 3.32. The highest BCUT2D eigenvalue weighted by Crippen LogP contribution is 2.37. The fraction of sp³-hybridized carbons (Fsp3) is 0.444. The number of nitrogens with zero attached hydrogens (tertiary/aromatic N) is 2. The van der Waals surface area contributed by atoms with E-state index in [2.05, 4.69) is 32.6 Å². The van der Waals surface area contributed by atoms with E-state index in [1.54, 1.807) is 0 Å². The number of hydrogen-bond acceptors (Lipinski definition) is 1. The molecule has 2 nitrogen and oxygen atoms in total. The van der Waals surface area contributed by atoms with Crippen LogP contribution in [0.15, 0.2) is 34.6 Å². The highest BCUT2D eigenvalue weighted by molar-refractivity contribution is 6.49. The summed E-state index contributed by atoms with van der Waals surface area (Å²) in [5, 5.41) is 0.834. The van der Waals surface area contributed by atoms with Crippen LogP contribution in [0, 0.1) is 0 Å². The Morgan fingerprint density at radius 3 is 2.36 bits per heavy atom. The van der Waals surface area contributed by atoms with Crippen molar-refractivity contribution < 1.29 is 2.74 Å². The zero-order chi connectivity index (χ0) is 17.8. The molecule has 0 atom stereocenters. The van der Waals surface area contributed by atoms with E-state index in [0.29, 0.717) is 46.4 Å². The van der Waals surface area contributed by atoms with Crippen LogP contribution in [0.25, 0.3) is 11.1 Å². The van der Waals surface area contributed by atoms with Gasteiger partial charge in [0.15, 0.2) is 0 Å². The molecule has 1 aliphatic carbocycles. The molecule has 0 saturated heterocycles. The van der Waals surface area contributed by atoms with Crippen molar-refractivity contribution in [2.75, 3.05) is 13.1 Å². The van der Waals surface area contributed by atoms with Crippen molar-refractivity contribution >= 4 is 34.3 Å². The van der Waals surface area contributed by atoms with E-state index in [1.807, 2.05) is 17.0 Å². The molecule has 0 spiro atoms. The van der Waals surface area contributed by atoms with Crippen molar-refractivity contribution in [2.45, 2.75) is 39.8 Å². The number of aromatic nitrogens is 1. The first-order valence-electron chi connectivity index (χ1n) is 8.64.